The minimum Gasteiger partial charge on any atom is -0.394 e. The lowest BCUT2D eigenvalue weighted by molar-refractivity contribution is 0.113. The fourth-order valence-electron chi connectivity index (χ4n) is 0.944. The van der Waals surface area contributed by atoms with Crippen molar-refractivity contribution >= 4 is 23.4 Å². The van der Waals surface area contributed by atoms with Crippen LogP contribution in [-0.2, 0) is 11.3 Å². The van der Waals surface area contributed by atoms with Gasteiger partial charge in [-0.1, -0.05) is 11.6 Å². The molecule has 0 bridgehead atoms. The molecule has 0 radical (unpaired) electrons. The van der Waals surface area contributed by atoms with E-state index in [1.807, 2.05) is 0 Å². The molecule has 0 saturated carbocycles. The first kappa shape index (κ1) is 13.7. The van der Waals surface area contributed by atoms with Gasteiger partial charge in [-0.15, -0.1) is 11.8 Å². The van der Waals surface area contributed by atoms with Gasteiger partial charge in [0, 0.05) is 18.9 Å². The highest BCUT2D eigenvalue weighted by Gasteiger charge is 2.07. The molecule has 0 aromatic carbocycles. The third-order valence-corrected chi connectivity index (χ3v) is 2.88. The molecule has 90 valence electrons. The molecule has 5 nitrogen and oxygen atoms in total. The lowest BCUT2D eigenvalue weighted by atomic mass is 10.4. The van der Waals surface area contributed by atoms with Gasteiger partial charge in [-0.05, 0) is 0 Å². The first-order valence-electron chi connectivity index (χ1n) is 4.59. The Hall–Kier alpha value is -0.400. The molecule has 1 aromatic heterocycles. The van der Waals surface area contributed by atoms with Crippen LogP contribution in [0.4, 0.5) is 0 Å². The Morgan fingerprint density at radius 1 is 1.56 bits per heavy atom. The summed E-state index contributed by atoms with van der Waals surface area (Å²) in [6.45, 7) is 0.0212. The first-order chi connectivity index (χ1) is 7.65. The number of hydrogen-bond acceptors (Lipinski definition) is 6. The van der Waals surface area contributed by atoms with Crippen molar-refractivity contribution in [3.05, 3.63) is 17.0 Å². The molecule has 0 aliphatic heterocycles. The predicted octanol–water partition coefficient (Wildman–Crippen LogP) is 0.722. The number of aliphatic hydroxyl groups excluding tert-OH is 2. The molecule has 0 aliphatic carbocycles. The monoisotopic (exact) mass is 264 g/mol. The number of hydrogen-bond donors (Lipinski definition) is 2. The molecule has 7 heteroatoms. The Balaban J connectivity index is 2.64. The number of methoxy groups -OCH3 is 1. The molecule has 16 heavy (non-hydrogen) atoms. The van der Waals surface area contributed by atoms with Crippen LogP contribution in [0.25, 0.3) is 0 Å². The van der Waals surface area contributed by atoms with Crippen molar-refractivity contribution < 1.29 is 14.9 Å². The predicted molar refractivity (Wildman–Crippen MR) is 61.6 cm³/mol. The Morgan fingerprint density at radius 3 is 2.94 bits per heavy atom. The molecule has 0 saturated heterocycles. The minimum absolute atomic E-state index is 0.267. The van der Waals surface area contributed by atoms with Gasteiger partial charge in [-0.3, -0.25) is 0 Å². The van der Waals surface area contributed by atoms with E-state index in [4.69, 9.17) is 21.4 Å². The Kier molecular flexibility index (Phi) is 6.00. The summed E-state index contributed by atoms with van der Waals surface area (Å²) in [7, 11) is 1.55. The number of aromatic nitrogens is 2. The highest BCUT2D eigenvalue weighted by atomic mass is 35.5. The fraction of sp³-hybridized carbons (Fsp3) is 0.556. The van der Waals surface area contributed by atoms with Gasteiger partial charge in [-0.25, -0.2) is 9.97 Å². The maximum absolute atomic E-state index is 9.19. The normalized spacial score (nSPS) is 12.8. The first-order valence-corrected chi connectivity index (χ1v) is 5.96. The van der Waals surface area contributed by atoms with E-state index in [9.17, 15) is 5.11 Å². The van der Waals surface area contributed by atoms with Crippen LogP contribution in [-0.4, -0.2) is 45.8 Å². The quantitative estimate of drug-likeness (QED) is 0.583. The van der Waals surface area contributed by atoms with E-state index < -0.39 is 6.10 Å². The number of rotatable bonds is 6. The van der Waals surface area contributed by atoms with Crippen molar-refractivity contribution in [2.75, 3.05) is 19.5 Å². The molecular weight excluding hydrogens is 252 g/mol. The smallest absolute Gasteiger partial charge is 0.156 e. The van der Waals surface area contributed by atoms with Crippen molar-refractivity contribution in [2.45, 2.75) is 17.7 Å². The summed E-state index contributed by atoms with van der Waals surface area (Å²) in [5.74, 6) is 0.854. The molecule has 1 unspecified atom stereocenters. The molecule has 1 rings (SSSR count). The third kappa shape index (κ3) is 4.63. The van der Waals surface area contributed by atoms with Crippen molar-refractivity contribution in [1.29, 1.82) is 0 Å². The Bertz CT molecular complexity index is 341. The fourth-order valence-corrected chi connectivity index (χ4v) is 2.04. The van der Waals surface area contributed by atoms with Crippen LogP contribution < -0.4 is 0 Å². The lowest BCUT2D eigenvalue weighted by Gasteiger charge is -2.07. The number of thioether (sulfide) groups is 1. The second-order valence-corrected chi connectivity index (χ2v) is 4.45. The summed E-state index contributed by atoms with van der Waals surface area (Å²) >= 11 is 7.11. The highest BCUT2D eigenvalue weighted by molar-refractivity contribution is 7.99. The average Bonchev–Trinajstić information content (AvgIpc) is 2.25. The summed E-state index contributed by atoms with van der Waals surface area (Å²) in [6.07, 6.45) is -0.760. The van der Waals surface area contributed by atoms with Gasteiger partial charge in [0.05, 0.1) is 12.7 Å². The zero-order chi connectivity index (χ0) is 12.0. The van der Waals surface area contributed by atoms with Gasteiger partial charge < -0.3 is 14.9 Å². The van der Waals surface area contributed by atoms with E-state index in [0.29, 0.717) is 21.8 Å². The molecule has 1 atom stereocenters. The molecule has 0 amide bonds. The van der Waals surface area contributed by atoms with Gasteiger partial charge >= 0.3 is 0 Å². The molecule has 0 spiro atoms. The van der Waals surface area contributed by atoms with Crippen molar-refractivity contribution in [1.82, 2.24) is 9.97 Å². The summed E-state index contributed by atoms with van der Waals surface area (Å²) in [5.41, 5.74) is 0. The van der Waals surface area contributed by atoms with Gasteiger partial charge in [0.1, 0.15) is 16.8 Å². The van der Waals surface area contributed by atoms with Crippen LogP contribution >= 0.6 is 23.4 Å². The standard InChI is InChI=1S/C9H13ClN2O3S/c1-15-4-8-11-7(10)2-9(12-8)16-5-6(14)3-13/h2,6,13-14H,3-5H2,1H3. The van der Waals surface area contributed by atoms with E-state index in [0.717, 1.165) is 0 Å². The van der Waals surface area contributed by atoms with Gasteiger partial charge in [0.15, 0.2) is 5.82 Å². The van der Waals surface area contributed by atoms with E-state index in [1.54, 1.807) is 13.2 Å². The second-order valence-electron chi connectivity index (χ2n) is 3.03. The molecule has 1 heterocycles. The summed E-state index contributed by atoms with van der Waals surface area (Å²) < 4.78 is 4.90. The topological polar surface area (TPSA) is 75.5 Å². The molecule has 1 aromatic rings. The summed E-state index contributed by atoms with van der Waals surface area (Å²) in [5, 5.41) is 18.8. The van der Waals surface area contributed by atoms with Crippen LogP contribution in [0, 0.1) is 0 Å². The Morgan fingerprint density at radius 2 is 2.31 bits per heavy atom. The Labute approximate surface area is 103 Å². The van der Waals surface area contributed by atoms with E-state index in [2.05, 4.69) is 9.97 Å². The van der Waals surface area contributed by atoms with Crippen LogP contribution in [0.5, 0.6) is 0 Å². The summed E-state index contributed by atoms with van der Waals surface area (Å²) in [4.78, 5) is 8.15. The van der Waals surface area contributed by atoms with E-state index in [1.165, 1.54) is 11.8 Å². The van der Waals surface area contributed by atoms with Gasteiger partial charge in [0.2, 0.25) is 0 Å². The van der Waals surface area contributed by atoms with E-state index >= 15 is 0 Å². The zero-order valence-corrected chi connectivity index (χ0v) is 10.3. The second kappa shape index (κ2) is 7.03. The van der Waals surface area contributed by atoms with Crippen molar-refractivity contribution in [3.63, 3.8) is 0 Å². The van der Waals surface area contributed by atoms with Crippen LogP contribution in [0.1, 0.15) is 5.82 Å². The maximum Gasteiger partial charge on any atom is 0.156 e. The van der Waals surface area contributed by atoms with Crippen molar-refractivity contribution in [2.24, 2.45) is 0 Å². The number of halogens is 1. The number of ether oxygens (including phenoxy) is 1. The van der Waals surface area contributed by atoms with Crippen molar-refractivity contribution in [3.8, 4) is 0 Å². The molecule has 0 fully saturated rings. The van der Waals surface area contributed by atoms with E-state index in [-0.39, 0.29) is 13.2 Å². The van der Waals surface area contributed by atoms with Crippen LogP contribution in [0.15, 0.2) is 11.1 Å². The lowest BCUT2D eigenvalue weighted by Crippen LogP contribution is -2.14. The van der Waals surface area contributed by atoms with Gasteiger partial charge in [-0.2, -0.15) is 0 Å². The number of aliphatic hydroxyl groups is 2. The molecule has 0 aliphatic rings. The van der Waals surface area contributed by atoms with Gasteiger partial charge in [0.25, 0.3) is 0 Å². The number of nitrogens with zero attached hydrogens (tertiary/aromatic N) is 2. The zero-order valence-electron chi connectivity index (χ0n) is 8.76. The summed E-state index contributed by atoms with van der Waals surface area (Å²) in [6, 6.07) is 1.61. The van der Waals surface area contributed by atoms with Crippen LogP contribution in [0.2, 0.25) is 5.15 Å². The molecular formula is C9H13ClN2O3S. The SMILES string of the molecule is COCc1nc(Cl)cc(SCC(O)CO)n1. The minimum atomic E-state index is -0.760. The average molecular weight is 265 g/mol. The largest absolute Gasteiger partial charge is 0.394 e. The molecule has 2 N–H and O–H groups in total. The highest BCUT2D eigenvalue weighted by Crippen LogP contribution is 2.19. The third-order valence-electron chi connectivity index (χ3n) is 1.63. The maximum atomic E-state index is 9.19. The van der Waals surface area contributed by atoms with Crippen LogP contribution in [0.3, 0.4) is 0 Å².